The van der Waals surface area contributed by atoms with Crippen LogP contribution < -0.4 is 4.74 Å². The molecule has 0 spiro atoms. The molecule has 2 rings (SSSR count). The average molecular weight is 435 g/mol. The fraction of sp³-hybridized carbons (Fsp3) is 0.0769. The lowest BCUT2D eigenvalue weighted by molar-refractivity contribution is -0.139. The first-order valence-corrected chi connectivity index (χ1v) is 8.41. The van der Waals surface area contributed by atoms with Crippen molar-refractivity contribution in [3.8, 4) is 16.2 Å². The summed E-state index contributed by atoms with van der Waals surface area (Å²) in [7, 11) is 0. The number of thiophene rings is 2. The second-order valence-corrected chi connectivity index (χ2v) is 7.10. The third-order valence-electron chi connectivity index (χ3n) is 2.67. The zero-order valence-electron chi connectivity index (χ0n) is 11.4. The number of aldehydes is 1. The second-order valence-electron chi connectivity index (χ2n) is 4.20. The van der Waals surface area contributed by atoms with Crippen molar-refractivity contribution in [1.29, 1.82) is 0 Å². The van der Waals surface area contributed by atoms with E-state index in [1.807, 2.05) is 0 Å². The lowest BCUT2D eigenvalue weighted by Crippen LogP contribution is -2.11. The van der Waals surface area contributed by atoms with E-state index in [4.69, 9.17) is 14.9 Å². The van der Waals surface area contributed by atoms with Crippen molar-refractivity contribution in [2.45, 2.75) is 0 Å². The summed E-state index contributed by atoms with van der Waals surface area (Å²) in [6, 6.07) is 1.25. The molecule has 0 unspecified atom stereocenters. The summed E-state index contributed by atoms with van der Waals surface area (Å²) in [6.45, 7) is -0.750. The molecule has 24 heavy (non-hydrogen) atoms. The Balaban J connectivity index is 2.61. The van der Waals surface area contributed by atoms with E-state index in [2.05, 4.69) is 15.9 Å². The first kappa shape index (κ1) is 18.1. The summed E-state index contributed by atoms with van der Waals surface area (Å²) in [5, 5.41) is 26.9. The van der Waals surface area contributed by atoms with E-state index in [9.17, 15) is 24.3 Å². The van der Waals surface area contributed by atoms with Gasteiger partial charge in [0.2, 0.25) is 0 Å². The Kier molecular flexibility index (Phi) is 5.36. The van der Waals surface area contributed by atoms with Gasteiger partial charge in [-0.05, 0) is 22.0 Å². The summed E-state index contributed by atoms with van der Waals surface area (Å²) >= 11 is 4.63. The highest BCUT2D eigenvalue weighted by Gasteiger charge is 2.27. The third kappa shape index (κ3) is 3.47. The topological polar surface area (TPSA) is 138 Å². The Morgan fingerprint density at radius 1 is 1.17 bits per heavy atom. The number of carboxylic acids is 3. The van der Waals surface area contributed by atoms with Crippen LogP contribution in [0.15, 0.2) is 10.5 Å². The number of hydrogen-bond donors (Lipinski definition) is 3. The Labute approximate surface area is 150 Å². The van der Waals surface area contributed by atoms with Crippen LogP contribution in [0.4, 0.5) is 0 Å². The highest BCUT2D eigenvalue weighted by Crippen LogP contribution is 2.47. The van der Waals surface area contributed by atoms with Crippen LogP contribution in [0.3, 0.4) is 0 Å². The molecule has 8 nitrogen and oxygen atoms in total. The van der Waals surface area contributed by atoms with E-state index in [0.717, 1.165) is 22.7 Å². The first-order chi connectivity index (χ1) is 11.3. The van der Waals surface area contributed by atoms with Gasteiger partial charge >= 0.3 is 17.9 Å². The predicted octanol–water partition coefficient (Wildman–Crippen LogP) is 2.91. The van der Waals surface area contributed by atoms with E-state index >= 15 is 0 Å². The summed E-state index contributed by atoms with van der Waals surface area (Å²) in [4.78, 5) is 44.2. The highest BCUT2D eigenvalue weighted by molar-refractivity contribution is 9.10. The first-order valence-electron chi connectivity index (χ1n) is 5.99. The van der Waals surface area contributed by atoms with E-state index in [-0.39, 0.29) is 35.3 Å². The number of aliphatic carboxylic acids is 1. The molecule has 0 fully saturated rings. The lowest BCUT2D eigenvalue weighted by Gasteiger charge is -2.03. The summed E-state index contributed by atoms with van der Waals surface area (Å²) in [5.41, 5.74) is 0.233. The number of hydrogen-bond acceptors (Lipinski definition) is 7. The number of carbonyl (C=O) groups excluding carboxylic acids is 1. The van der Waals surface area contributed by atoms with Gasteiger partial charge in [0.1, 0.15) is 4.88 Å². The van der Waals surface area contributed by atoms with Gasteiger partial charge in [0.15, 0.2) is 23.5 Å². The van der Waals surface area contributed by atoms with E-state index in [1.54, 1.807) is 0 Å². The summed E-state index contributed by atoms with van der Waals surface area (Å²) in [6.07, 6.45) is 0.469. The highest BCUT2D eigenvalue weighted by atomic mass is 79.9. The fourth-order valence-corrected chi connectivity index (χ4v) is 4.54. The standard InChI is InChI=1S/C13H7BrO8S2/c14-8-9(22-3-7(16)17)11(13(20)21)24-10(8)4-1-5(12(18)19)23-6(4)2-15/h1-2H,3H2,(H,16,17)(H,18,19)(H,20,21). The van der Waals surface area contributed by atoms with Gasteiger partial charge in [0.25, 0.3) is 0 Å². The van der Waals surface area contributed by atoms with Crippen LogP contribution in [0.1, 0.15) is 29.0 Å². The van der Waals surface area contributed by atoms with E-state index in [0.29, 0.717) is 6.29 Å². The Bertz CT molecular complexity index is 851. The zero-order chi connectivity index (χ0) is 18.0. The van der Waals surface area contributed by atoms with Crippen molar-refractivity contribution < 1.29 is 39.2 Å². The number of aromatic carboxylic acids is 2. The Morgan fingerprint density at radius 2 is 1.83 bits per heavy atom. The number of rotatable bonds is 7. The molecule has 0 aliphatic heterocycles. The molecule has 0 saturated carbocycles. The molecule has 0 saturated heterocycles. The molecule has 2 aromatic heterocycles. The Hall–Kier alpha value is -2.24. The maximum absolute atomic E-state index is 11.3. The zero-order valence-corrected chi connectivity index (χ0v) is 14.7. The van der Waals surface area contributed by atoms with Crippen LogP contribution in [0, 0.1) is 0 Å². The number of carboxylic acid groups (broad SMARTS) is 3. The smallest absolute Gasteiger partial charge is 0.349 e. The largest absolute Gasteiger partial charge is 0.479 e. The van der Waals surface area contributed by atoms with Crippen molar-refractivity contribution in [3.05, 3.63) is 25.2 Å². The minimum absolute atomic E-state index is 0.0859. The maximum atomic E-state index is 11.3. The van der Waals surface area contributed by atoms with Gasteiger partial charge in [0.05, 0.1) is 14.2 Å². The van der Waals surface area contributed by atoms with Crippen LogP contribution >= 0.6 is 38.6 Å². The molecule has 0 aromatic carbocycles. The molecule has 0 aliphatic carbocycles. The fourth-order valence-electron chi connectivity index (χ4n) is 1.75. The molecule has 0 atom stereocenters. The molecule has 11 heteroatoms. The van der Waals surface area contributed by atoms with Crippen LogP contribution in [-0.2, 0) is 4.79 Å². The Morgan fingerprint density at radius 3 is 2.33 bits per heavy atom. The lowest BCUT2D eigenvalue weighted by atomic mass is 10.2. The van der Waals surface area contributed by atoms with Gasteiger partial charge in [-0.1, -0.05) is 0 Å². The number of halogens is 1. The normalized spacial score (nSPS) is 10.4. The molecular weight excluding hydrogens is 428 g/mol. The van der Waals surface area contributed by atoms with Gasteiger partial charge in [-0.3, -0.25) is 4.79 Å². The van der Waals surface area contributed by atoms with Gasteiger partial charge in [-0.15, -0.1) is 22.7 Å². The molecule has 3 N–H and O–H groups in total. The van der Waals surface area contributed by atoms with Crippen LogP contribution in [0.2, 0.25) is 0 Å². The van der Waals surface area contributed by atoms with Gasteiger partial charge < -0.3 is 20.1 Å². The minimum Gasteiger partial charge on any atom is -0.479 e. The van der Waals surface area contributed by atoms with Crippen molar-refractivity contribution in [2.75, 3.05) is 6.61 Å². The van der Waals surface area contributed by atoms with Crippen LogP contribution in [-0.4, -0.2) is 46.1 Å². The van der Waals surface area contributed by atoms with E-state index < -0.39 is 24.5 Å². The quantitative estimate of drug-likeness (QED) is 0.565. The third-order valence-corrected chi connectivity index (χ3v) is 5.93. The molecule has 0 aliphatic rings. The number of carbonyl (C=O) groups is 4. The van der Waals surface area contributed by atoms with Gasteiger partial charge in [0, 0.05) is 5.56 Å². The predicted molar refractivity (Wildman–Crippen MR) is 87.8 cm³/mol. The number of ether oxygens (including phenoxy) is 1. The van der Waals surface area contributed by atoms with Crippen LogP contribution in [0.5, 0.6) is 5.75 Å². The SMILES string of the molecule is O=Cc1sc(C(=O)O)cc1-c1sc(C(=O)O)c(OCC(=O)O)c1Br. The molecule has 126 valence electrons. The van der Waals surface area contributed by atoms with E-state index in [1.165, 1.54) is 6.07 Å². The van der Waals surface area contributed by atoms with Crippen molar-refractivity contribution in [3.63, 3.8) is 0 Å². The van der Waals surface area contributed by atoms with Crippen molar-refractivity contribution >= 4 is 62.8 Å². The summed E-state index contributed by atoms with van der Waals surface area (Å²) < 4.78 is 5.15. The van der Waals surface area contributed by atoms with Crippen LogP contribution in [0.25, 0.3) is 10.4 Å². The summed E-state index contributed by atoms with van der Waals surface area (Å²) in [5.74, 6) is -4.04. The van der Waals surface area contributed by atoms with Gasteiger partial charge in [-0.2, -0.15) is 0 Å². The average Bonchev–Trinajstić information content (AvgIpc) is 3.06. The minimum atomic E-state index is -1.34. The molecule has 2 aromatic rings. The molecular formula is C13H7BrO8S2. The molecule has 0 bridgehead atoms. The van der Waals surface area contributed by atoms with Gasteiger partial charge in [-0.25, -0.2) is 14.4 Å². The van der Waals surface area contributed by atoms with Crippen molar-refractivity contribution in [1.82, 2.24) is 0 Å². The molecule has 2 heterocycles. The molecule has 0 radical (unpaired) electrons. The molecule has 0 amide bonds. The maximum Gasteiger partial charge on any atom is 0.349 e. The second kappa shape index (κ2) is 7.11. The van der Waals surface area contributed by atoms with Crippen molar-refractivity contribution in [2.24, 2.45) is 0 Å². The monoisotopic (exact) mass is 434 g/mol.